The summed E-state index contributed by atoms with van der Waals surface area (Å²) in [5, 5.41) is 102. The molecule has 0 amide bonds. The van der Waals surface area contributed by atoms with Crippen molar-refractivity contribution in [2.45, 2.75) is 249 Å². The summed E-state index contributed by atoms with van der Waals surface area (Å²) in [6.07, 6.45) is -9.53. The number of carbonyl (C=O) groups is 1. The summed E-state index contributed by atoms with van der Waals surface area (Å²) in [4.78, 5) is 14.3. The topological polar surface area (TPSA) is 301 Å². The number of aliphatic hydroxyl groups excluding tert-OH is 7. The Hall–Kier alpha value is -3.01. The van der Waals surface area contributed by atoms with E-state index in [9.17, 15) is 50.8 Å². The van der Waals surface area contributed by atoms with Gasteiger partial charge in [0.1, 0.15) is 60.2 Å². The van der Waals surface area contributed by atoms with E-state index < -0.39 is 139 Å². The molecule has 10 unspecified atom stereocenters. The molecular weight excluding hydrogens is 1030 g/mol. The van der Waals surface area contributed by atoms with E-state index in [-0.39, 0.29) is 56.0 Å². The maximum Gasteiger partial charge on any atom is 0.334 e. The van der Waals surface area contributed by atoms with Gasteiger partial charge in [-0.2, -0.15) is 0 Å². The zero-order valence-corrected chi connectivity index (χ0v) is 48.9. The highest BCUT2D eigenvalue weighted by Gasteiger charge is 2.64. The van der Waals surface area contributed by atoms with Crippen molar-refractivity contribution < 1.29 is 103 Å². The highest BCUT2D eigenvalue weighted by Crippen LogP contribution is 2.47. The van der Waals surface area contributed by atoms with E-state index in [4.69, 9.17) is 52.1 Å². The lowest BCUT2D eigenvalue weighted by Gasteiger charge is -2.57. The zero-order valence-electron chi connectivity index (χ0n) is 48.9. The second kappa shape index (κ2) is 28.5. The molecule has 5 heterocycles. The molecule has 0 aromatic heterocycles. The van der Waals surface area contributed by atoms with Gasteiger partial charge in [0.05, 0.1) is 55.4 Å². The van der Waals surface area contributed by atoms with Gasteiger partial charge in [0.15, 0.2) is 18.9 Å². The second-order valence-electron chi connectivity index (χ2n) is 23.0. The van der Waals surface area contributed by atoms with Crippen LogP contribution in [0.4, 0.5) is 0 Å². The predicted octanol–water partition coefficient (Wildman–Crippen LogP) is 3.59. The highest BCUT2D eigenvalue weighted by atomic mass is 16.7. The lowest BCUT2D eigenvalue weighted by atomic mass is 9.75. The molecule has 9 N–H and O–H groups in total. The number of rotatable bonds is 14. The average Bonchev–Trinajstić information content (AvgIpc) is 3.52. The van der Waals surface area contributed by atoms with Crippen LogP contribution in [0, 0.1) is 11.8 Å². The maximum atomic E-state index is 14.3. The van der Waals surface area contributed by atoms with Gasteiger partial charge in [-0.25, -0.2) is 4.79 Å². The van der Waals surface area contributed by atoms with E-state index in [0.29, 0.717) is 17.6 Å². The number of aliphatic hydroxyl groups is 9. The van der Waals surface area contributed by atoms with Gasteiger partial charge in [0, 0.05) is 51.1 Å². The first-order valence-corrected chi connectivity index (χ1v) is 27.6. The van der Waals surface area contributed by atoms with E-state index in [0.717, 1.165) is 11.1 Å². The summed E-state index contributed by atoms with van der Waals surface area (Å²) in [7, 11) is 4.28. The van der Waals surface area contributed by atoms with Crippen molar-refractivity contribution in [1.29, 1.82) is 0 Å². The molecule has 4 fully saturated rings. The van der Waals surface area contributed by atoms with Gasteiger partial charge in [0.2, 0.25) is 5.79 Å². The zero-order chi connectivity index (χ0) is 59.1. The quantitative estimate of drug-likeness (QED) is 0.0887. The molecule has 4 saturated heterocycles. The van der Waals surface area contributed by atoms with Gasteiger partial charge >= 0.3 is 5.97 Å². The Morgan fingerprint density at radius 2 is 1.39 bits per heavy atom. The molecule has 0 aromatic rings. The Morgan fingerprint density at radius 1 is 0.734 bits per heavy atom. The van der Waals surface area contributed by atoms with Gasteiger partial charge in [-0.05, 0) is 113 Å². The first-order chi connectivity index (χ1) is 36.9. The number of allylic oxidation sites excluding steroid dienone is 7. The minimum atomic E-state index is -2.37. The number of esters is 1. The Kier molecular flexibility index (Phi) is 24.1. The normalized spacial score (nSPS) is 47.2. The van der Waals surface area contributed by atoms with E-state index >= 15 is 0 Å². The monoisotopic (exact) mass is 1130 g/mol. The van der Waals surface area contributed by atoms with Crippen LogP contribution in [0.1, 0.15) is 122 Å². The Morgan fingerprint density at radius 3 is 2.01 bits per heavy atom. The lowest BCUT2D eigenvalue weighted by molar-refractivity contribution is -0.416. The molecule has 0 saturated carbocycles. The van der Waals surface area contributed by atoms with Gasteiger partial charge < -0.3 is 98.1 Å². The Bertz CT molecular complexity index is 2180. The molecule has 5 aliphatic rings. The number of hydrogen-bond acceptors (Lipinski definition) is 21. The van der Waals surface area contributed by atoms with Crippen LogP contribution < -0.4 is 0 Å². The molecule has 21 nitrogen and oxygen atoms in total. The molecule has 21 heteroatoms. The van der Waals surface area contributed by atoms with E-state index in [1.54, 1.807) is 53.7 Å². The van der Waals surface area contributed by atoms with Crippen LogP contribution in [0.15, 0.2) is 70.1 Å². The molecule has 79 heavy (non-hydrogen) atoms. The standard InChI is InChI=1S/C58H94O21/c1-29-21-30(2)24-39(59)18-19-42(75-54(66)34(6)26-40(70-14)25-31(3)23-33(5)49(32(4)22-29)77-55-48(63)47(62)46(61)36(8)74-55)35(7)58(68)53(71-15)52(65)57(12,43(78-58)17-16-20-69-13)79-44-27-41(60)50(37(9)72-44)76-45-28-56(11,67)51(64)38(10)73-45/h21-26,33,35-39,41-53,55,59-65,67-68H,16-20,27-28H2,1-15H3/b29-21+,30-24+,31-23+,32-22+,34-26+,40-25+/t33?,35?,36-,37-,38-,39?,41+,42?,43?,44+,45+,46-,47+,48-,49?,50-,51-,52?,53?,55-,56+,57?,58?/m0/s1. The number of hydrogen-bond donors (Lipinski definition) is 9. The minimum absolute atomic E-state index is 0.00380. The van der Waals surface area contributed by atoms with Gasteiger partial charge in [0.25, 0.3) is 0 Å². The number of methoxy groups -OCH3 is 3. The van der Waals surface area contributed by atoms with Crippen LogP contribution in [0.3, 0.4) is 0 Å². The van der Waals surface area contributed by atoms with Crippen molar-refractivity contribution in [3.05, 3.63) is 70.1 Å². The van der Waals surface area contributed by atoms with E-state index in [1.807, 2.05) is 52.8 Å². The Labute approximate surface area is 466 Å². The van der Waals surface area contributed by atoms with E-state index in [1.165, 1.54) is 34.3 Å². The fourth-order valence-corrected chi connectivity index (χ4v) is 11.5. The minimum Gasteiger partial charge on any atom is -0.497 e. The molecule has 5 rings (SSSR count). The number of cyclic esters (lactones) is 1. The molecular formula is C58H94O21. The number of ether oxygens (including phenoxy) is 11. The summed E-state index contributed by atoms with van der Waals surface area (Å²) >= 11 is 0. The van der Waals surface area contributed by atoms with E-state index in [2.05, 4.69) is 0 Å². The third-order valence-corrected chi connectivity index (χ3v) is 16.1. The molecule has 0 aromatic carbocycles. The van der Waals surface area contributed by atoms with Crippen molar-refractivity contribution in [1.82, 2.24) is 0 Å². The van der Waals surface area contributed by atoms with Crippen molar-refractivity contribution in [2.75, 3.05) is 27.9 Å². The predicted molar refractivity (Wildman–Crippen MR) is 287 cm³/mol. The molecule has 452 valence electrons. The van der Waals surface area contributed by atoms with Crippen molar-refractivity contribution in [3.8, 4) is 0 Å². The van der Waals surface area contributed by atoms with Gasteiger partial charge in [-0.15, -0.1) is 0 Å². The third-order valence-electron chi connectivity index (χ3n) is 16.1. The summed E-state index contributed by atoms with van der Waals surface area (Å²) in [5.41, 5.74) is -0.0987. The SMILES string of the molecule is COCCCC1OC(O)(C(C)C2CCC(O)/C=C(C)/C=C(C)/C=C(\C)C(O[C@@H]3O[C@@H](C)[C@H](O)[C@@H](O)[C@@H]3O)C(C)/C=C(C)/C=C(OC)\C=C(/C)C(=O)O2)C(OC)C(O)C1(C)O[C@@H]1C[C@@H](O)[C@@H](O[C@@H]2C[C@@](C)(O)[C@@H](O)[C@H](C)O2)[C@H](C)O1. The summed E-state index contributed by atoms with van der Waals surface area (Å²) in [5.74, 6) is -4.38. The fourth-order valence-electron chi connectivity index (χ4n) is 11.5. The fraction of sp³-hybridized carbons (Fsp3) is 0.776. The smallest absolute Gasteiger partial charge is 0.334 e. The highest BCUT2D eigenvalue weighted by molar-refractivity contribution is 5.88. The Balaban J connectivity index is 1.45. The lowest BCUT2D eigenvalue weighted by Crippen LogP contribution is -2.74. The van der Waals surface area contributed by atoms with Crippen molar-refractivity contribution >= 4 is 5.97 Å². The molecule has 0 bridgehead atoms. The van der Waals surface area contributed by atoms with Crippen LogP contribution in [-0.2, 0) is 56.9 Å². The summed E-state index contributed by atoms with van der Waals surface area (Å²) < 4.78 is 67.1. The largest absolute Gasteiger partial charge is 0.497 e. The van der Waals surface area contributed by atoms with Crippen LogP contribution in [-0.4, -0.2) is 207 Å². The van der Waals surface area contributed by atoms with Crippen LogP contribution in [0.2, 0.25) is 0 Å². The maximum absolute atomic E-state index is 14.3. The van der Waals surface area contributed by atoms with Crippen molar-refractivity contribution in [2.24, 2.45) is 11.8 Å². The van der Waals surface area contributed by atoms with Crippen LogP contribution in [0.5, 0.6) is 0 Å². The summed E-state index contributed by atoms with van der Waals surface area (Å²) in [6.45, 7) is 20.7. The summed E-state index contributed by atoms with van der Waals surface area (Å²) in [6, 6.07) is 0. The van der Waals surface area contributed by atoms with Gasteiger partial charge in [-0.1, -0.05) is 54.9 Å². The van der Waals surface area contributed by atoms with Crippen molar-refractivity contribution in [3.63, 3.8) is 0 Å². The molecule has 0 spiro atoms. The third kappa shape index (κ3) is 16.4. The second-order valence-corrected chi connectivity index (χ2v) is 23.0. The molecule has 5 aliphatic heterocycles. The molecule has 0 radical (unpaired) electrons. The average molecular weight is 1130 g/mol. The molecule has 0 aliphatic carbocycles. The number of carbonyl (C=O) groups excluding carboxylic acids is 1. The van der Waals surface area contributed by atoms with Crippen LogP contribution >= 0.6 is 0 Å². The molecule has 23 atom stereocenters. The van der Waals surface area contributed by atoms with Crippen LogP contribution in [0.25, 0.3) is 0 Å². The first kappa shape index (κ1) is 66.8. The first-order valence-electron chi connectivity index (χ1n) is 27.6. The van der Waals surface area contributed by atoms with Gasteiger partial charge in [-0.3, -0.25) is 0 Å².